The van der Waals surface area contributed by atoms with Gasteiger partial charge in [-0.25, -0.2) is 9.78 Å². The predicted octanol–water partition coefficient (Wildman–Crippen LogP) is -1.03. The summed E-state index contributed by atoms with van der Waals surface area (Å²) in [6.07, 6.45) is 0. The minimum Gasteiger partial charge on any atom is -0.460 e. The molecular weight excluding hydrogens is 188 g/mol. The van der Waals surface area contributed by atoms with Crippen LogP contribution < -0.4 is 5.73 Å². The molecule has 14 heavy (non-hydrogen) atoms. The molecule has 0 aliphatic heterocycles. The molecule has 0 saturated carbocycles. The van der Waals surface area contributed by atoms with Gasteiger partial charge in [-0.3, -0.25) is 5.10 Å². The Labute approximate surface area is 80.3 Å². The molecule has 7 heteroatoms. The van der Waals surface area contributed by atoms with Crippen molar-refractivity contribution >= 4 is 5.97 Å². The van der Waals surface area contributed by atoms with Crippen molar-refractivity contribution in [1.29, 1.82) is 0 Å². The van der Waals surface area contributed by atoms with Crippen LogP contribution in [0.2, 0.25) is 0 Å². The maximum atomic E-state index is 11.1. The quantitative estimate of drug-likeness (QED) is 0.535. The van der Waals surface area contributed by atoms with E-state index in [4.69, 9.17) is 10.8 Å². The van der Waals surface area contributed by atoms with Gasteiger partial charge < -0.3 is 15.6 Å². The number of aliphatic hydroxyl groups excluding tert-OH is 1. The van der Waals surface area contributed by atoms with Crippen LogP contribution >= 0.6 is 0 Å². The fourth-order valence-electron chi connectivity index (χ4n) is 0.814. The smallest absolute Gasteiger partial charge is 0.378 e. The summed E-state index contributed by atoms with van der Waals surface area (Å²) in [7, 11) is 0. The molecule has 0 aliphatic carbocycles. The van der Waals surface area contributed by atoms with Crippen molar-refractivity contribution < 1.29 is 14.6 Å². The first-order valence-electron chi connectivity index (χ1n) is 4.14. The lowest BCUT2D eigenvalue weighted by Gasteiger charge is -2.00. The Bertz CT molecular complexity index is 312. The van der Waals surface area contributed by atoms with Crippen LogP contribution in [-0.2, 0) is 4.74 Å². The number of carbonyl (C=O) groups excluding carboxylic acids is 1. The Morgan fingerprint density at radius 2 is 2.50 bits per heavy atom. The zero-order valence-corrected chi connectivity index (χ0v) is 7.73. The van der Waals surface area contributed by atoms with Gasteiger partial charge in [-0.05, 0) is 6.92 Å². The standard InChI is InChI=1S/C7H12N4O3/c1-2-14-7(13)6-9-5(10-11-6)4(8)3-12/h4,12H,2-3,8H2,1H3,(H,9,10,11)/t4-/m0/s1. The van der Waals surface area contributed by atoms with Gasteiger partial charge in [-0.15, -0.1) is 5.10 Å². The minimum atomic E-state index is -0.661. The molecule has 0 bridgehead atoms. The second kappa shape index (κ2) is 4.68. The topological polar surface area (TPSA) is 114 Å². The molecule has 1 rings (SSSR count). The highest BCUT2D eigenvalue weighted by Crippen LogP contribution is 2.03. The molecule has 1 atom stereocenters. The number of carbonyl (C=O) groups is 1. The van der Waals surface area contributed by atoms with Crippen LogP contribution in [0.1, 0.15) is 29.4 Å². The van der Waals surface area contributed by atoms with Crippen molar-refractivity contribution in [3.8, 4) is 0 Å². The number of nitrogens with zero attached hydrogens (tertiary/aromatic N) is 2. The Kier molecular flexibility index (Phi) is 3.55. The van der Waals surface area contributed by atoms with Crippen LogP contribution in [-0.4, -0.2) is 39.5 Å². The maximum absolute atomic E-state index is 11.1. The summed E-state index contributed by atoms with van der Waals surface area (Å²) in [4.78, 5) is 14.9. The first-order chi connectivity index (χ1) is 6.69. The molecule has 0 spiro atoms. The summed E-state index contributed by atoms with van der Waals surface area (Å²) in [5.74, 6) is -0.429. The highest BCUT2D eigenvalue weighted by molar-refractivity contribution is 5.84. The van der Waals surface area contributed by atoms with Gasteiger partial charge in [0.2, 0.25) is 0 Å². The molecule has 7 nitrogen and oxygen atoms in total. The molecule has 0 fully saturated rings. The summed E-state index contributed by atoms with van der Waals surface area (Å²) >= 11 is 0. The Balaban J connectivity index is 2.72. The number of hydrogen-bond donors (Lipinski definition) is 3. The first-order valence-corrected chi connectivity index (χ1v) is 4.14. The van der Waals surface area contributed by atoms with Gasteiger partial charge in [-0.1, -0.05) is 0 Å². The van der Waals surface area contributed by atoms with Crippen molar-refractivity contribution in [3.63, 3.8) is 0 Å². The van der Waals surface area contributed by atoms with E-state index in [1.165, 1.54) is 0 Å². The van der Waals surface area contributed by atoms with Crippen molar-refractivity contribution in [3.05, 3.63) is 11.6 Å². The highest BCUT2D eigenvalue weighted by Gasteiger charge is 2.16. The molecule has 1 aromatic rings. The lowest BCUT2D eigenvalue weighted by molar-refractivity contribution is 0.0512. The van der Waals surface area contributed by atoms with Crippen molar-refractivity contribution in [2.75, 3.05) is 13.2 Å². The van der Waals surface area contributed by atoms with Crippen molar-refractivity contribution in [2.24, 2.45) is 5.73 Å². The van der Waals surface area contributed by atoms with E-state index in [0.29, 0.717) is 0 Å². The van der Waals surface area contributed by atoms with Gasteiger partial charge in [0, 0.05) is 0 Å². The van der Waals surface area contributed by atoms with E-state index >= 15 is 0 Å². The van der Waals surface area contributed by atoms with Gasteiger partial charge >= 0.3 is 5.97 Å². The van der Waals surface area contributed by atoms with E-state index in [2.05, 4.69) is 19.9 Å². The second-order valence-corrected chi connectivity index (χ2v) is 2.55. The molecular formula is C7H12N4O3. The van der Waals surface area contributed by atoms with Crippen LogP contribution in [0, 0.1) is 0 Å². The third-order valence-electron chi connectivity index (χ3n) is 1.51. The first kappa shape index (κ1) is 10.6. The third kappa shape index (κ3) is 2.27. The molecule has 0 aliphatic rings. The molecule has 0 saturated heterocycles. The van der Waals surface area contributed by atoms with E-state index in [-0.39, 0.29) is 24.9 Å². The van der Waals surface area contributed by atoms with Gasteiger partial charge in [0.25, 0.3) is 5.82 Å². The number of ether oxygens (including phenoxy) is 1. The normalized spacial score (nSPS) is 12.5. The van der Waals surface area contributed by atoms with E-state index in [0.717, 1.165) is 0 Å². The largest absolute Gasteiger partial charge is 0.460 e. The van der Waals surface area contributed by atoms with Gasteiger partial charge in [0.15, 0.2) is 0 Å². The number of esters is 1. The second-order valence-electron chi connectivity index (χ2n) is 2.55. The summed E-state index contributed by atoms with van der Waals surface area (Å²) in [6.45, 7) is 1.68. The molecule has 1 aromatic heterocycles. The number of H-pyrrole nitrogens is 1. The van der Waals surface area contributed by atoms with Gasteiger partial charge in [0.05, 0.1) is 19.3 Å². The lowest BCUT2D eigenvalue weighted by atomic mass is 10.3. The number of aromatic amines is 1. The van der Waals surface area contributed by atoms with Crippen LogP contribution in [0.4, 0.5) is 0 Å². The molecule has 4 N–H and O–H groups in total. The van der Waals surface area contributed by atoms with Gasteiger partial charge in [-0.2, -0.15) is 0 Å². The minimum absolute atomic E-state index is 0.0780. The van der Waals surface area contributed by atoms with E-state index < -0.39 is 12.0 Å². The summed E-state index contributed by atoms with van der Waals surface area (Å²) in [5, 5.41) is 14.8. The number of nitrogens with one attached hydrogen (secondary N) is 1. The summed E-state index contributed by atoms with van der Waals surface area (Å²) in [6, 6.07) is -0.661. The number of aromatic nitrogens is 3. The van der Waals surface area contributed by atoms with Crippen molar-refractivity contribution in [2.45, 2.75) is 13.0 Å². The van der Waals surface area contributed by atoms with E-state index in [1.54, 1.807) is 6.92 Å². The molecule has 0 radical (unpaired) electrons. The van der Waals surface area contributed by atoms with Crippen LogP contribution in [0.3, 0.4) is 0 Å². The SMILES string of the molecule is CCOC(=O)c1n[nH]c([C@@H](N)CO)n1. The number of hydrogen-bond acceptors (Lipinski definition) is 6. The fourth-order valence-corrected chi connectivity index (χ4v) is 0.814. The molecule has 78 valence electrons. The maximum Gasteiger partial charge on any atom is 0.378 e. The van der Waals surface area contributed by atoms with Crippen LogP contribution in [0.5, 0.6) is 0 Å². The molecule has 0 unspecified atom stereocenters. The summed E-state index contributed by atoms with van der Waals surface area (Å²) in [5.41, 5.74) is 5.45. The number of rotatable bonds is 4. The van der Waals surface area contributed by atoms with E-state index in [9.17, 15) is 4.79 Å². The summed E-state index contributed by atoms with van der Waals surface area (Å²) < 4.78 is 4.67. The molecule has 1 heterocycles. The number of nitrogens with two attached hydrogens (primary N) is 1. The van der Waals surface area contributed by atoms with Crippen LogP contribution in [0.25, 0.3) is 0 Å². The van der Waals surface area contributed by atoms with Crippen molar-refractivity contribution in [1.82, 2.24) is 15.2 Å². The fraction of sp³-hybridized carbons (Fsp3) is 0.571. The molecule has 0 amide bonds. The average Bonchev–Trinajstić information content (AvgIpc) is 2.66. The monoisotopic (exact) mass is 200 g/mol. The lowest BCUT2D eigenvalue weighted by Crippen LogP contribution is -2.16. The third-order valence-corrected chi connectivity index (χ3v) is 1.51. The van der Waals surface area contributed by atoms with Crippen LogP contribution in [0.15, 0.2) is 0 Å². The Morgan fingerprint density at radius 1 is 1.79 bits per heavy atom. The average molecular weight is 200 g/mol. The van der Waals surface area contributed by atoms with E-state index in [1.807, 2.05) is 0 Å². The Morgan fingerprint density at radius 3 is 3.07 bits per heavy atom. The highest BCUT2D eigenvalue weighted by atomic mass is 16.5. The predicted molar refractivity (Wildman–Crippen MR) is 46.4 cm³/mol. The Hall–Kier alpha value is -1.47. The van der Waals surface area contributed by atoms with Gasteiger partial charge in [0.1, 0.15) is 5.82 Å². The zero-order valence-electron chi connectivity index (χ0n) is 7.73. The molecule has 0 aromatic carbocycles. The number of aliphatic hydroxyl groups is 1. The zero-order chi connectivity index (χ0) is 10.6.